The van der Waals surface area contributed by atoms with E-state index in [1.165, 1.54) is 61.7 Å². The molecule has 49 heteroatoms. The van der Waals surface area contributed by atoms with Crippen molar-refractivity contribution in [2.24, 2.45) is 22.9 Å². The molecule has 8 aromatic heterocycles. The number of halogens is 6. The number of carbonyl (C=O) groups excluding carboxylic acids is 10. The van der Waals surface area contributed by atoms with E-state index in [4.69, 9.17) is 65.6 Å². The van der Waals surface area contributed by atoms with Gasteiger partial charge in [-0.05, 0) is 184 Å². The third-order valence-electron chi connectivity index (χ3n) is 22.7. The summed E-state index contributed by atoms with van der Waals surface area (Å²) in [5.74, 6) is -5.35. The van der Waals surface area contributed by atoms with Crippen LogP contribution in [0.1, 0.15) is 181 Å². The average Bonchev–Trinajstić information content (AvgIpc) is 1.65. The summed E-state index contributed by atoms with van der Waals surface area (Å²) in [6.45, 7) is 17.4. The molecule has 2 aliphatic heterocycles. The van der Waals surface area contributed by atoms with Gasteiger partial charge in [-0.3, -0.25) is 46.4 Å². The number of Topliss-reactive ketones (excluding diaryl/α,β-unsaturated/α-hetero) is 2. The van der Waals surface area contributed by atoms with Crippen molar-refractivity contribution in [2.45, 2.75) is 188 Å². The van der Waals surface area contributed by atoms with E-state index < -0.39 is 117 Å². The summed E-state index contributed by atoms with van der Waals surface area (Å²) in [5.41, 5.74) is 24.9. The van der Waals surface area contributed by atoms with E-state index in [2.05, 4.69) is 62.1 Å². The number of likely N-dealkylation sites (tertiary alicyclic amines) is 1. The number of aromatic nitrogens is 12. The van der Waals surface area contributed by atoms with Crippen molar-refractivity contribution < 1.29 is 117 Å². The van der Waals surface area contributed by atoms with Gasteiger partial charge in [-0.25, -0.2) is 45.5 Å². The minimum atomic E-state index is -1.23. The number of nitrogens with zero attached hydrogens (tertiary/aromatic N) is 16. The lowest BCUT2D eigenvalue weighted by Gasteiger charge is -2.26. The molecule has 4 atom stereocenters. The van der Waals surface area contributed by atoms with E-state index in [0.717, 1.165) is 83.2 Å². The lowest BCUT2D eigenvalue weighted by atomic mass is 10.1. The summed E-state index contributed by atoms with van der Waals surface area (Å²) in [5, 5.41) is 45.1. The normalized spacial score (nSPS) is 13.6. The van der Waals surface area contributed by atoms with Crippen molar-refractivity contribution in [3.63, 3.8) is 0 Å². The van der Waals surface area contributed by atoms with Crippen molar-refractivity contribution >= 4 is 82.2 Å². The van der Waals surface area contributed by atoms with Gasteiger partial charge < -0.3 is 106 Å². The van der Waals surface area contributed by atoms with Crippen LogP contribution in [0.15, 0.2) is 158 Å². The van der Waals surface area contributed by atoms with Crippen molar-refractivity contribution in [1.29, 1.82) is 0 Å². The molecule has 2 fully saturated rings. The molecule has 43 nitrogen and oxygen atoms in total. The number of benzene rings is 4. The molecule has 0 unspecified atom stereocenters. The number of ether oxygens (including phenoxy) is 9. The Morgan fingerprint density at radius 1 is 0.353 bits per heavy atom. The van der Waals surface area contributed by atoms with Gasteiger partial charge in [0.05, 0.1) is 124 Å². The van der Waals surface area contributed by atoms with Crippen molar-refractivity contribution in [3.05, 3.63) is 261 Å². The predicted octanol–water partition coefficient (Wildman–Crippen LogP) is 9.60. The molecule has 4 aromatic carbocycles. The Labute approximate surface area is 859 Å². The number of ketones is 2. The van der Waals surface area contributed by atoms with Crippen LogP contribution in [0.2, 0.25) is 0 Å². The number of likely N-dealkylation sites (N-methyl/N-ethyl adjacent to an activating group) is 2. The van der Waals surface area contributed by atoms with Gasteiger partial charge in [-0.1, -0.05) is 60.7 Å². The van der Waals surface area contributed by atoms with E-state index in [0.29, 0.717) is 103 Å². The number of amides is 8. The largest absolute Gasteiger partial charge is 0.443 e. The number of carbonyl (C=O) groups is 10. The zero-order chi connectivity index (χ0) is 109. The van der Waals surface area contributed by atoms with E-state index in [1.54, 1.807) is 110 Å². The van der Waals surface area contributed by atoms with Gasteiger partial charge in [-0.15, -0.1) is 40.8 Å². The van der Waals surface area contributed by atoms with E-state index in [1.807, 2.05) is 48.5 Å². The number of hydrogen-bond donors (Lipinski definition) is 8. The summed E-state index contributed by atoms with van der Waals surface area (Å²) in [6, 6.07) is 36.6. The molecule has 12 N–H and O–H groups in total. The van der Waals surface area contributed by atoms with Crippen LogP contribution in [0.25, 0.3) is 22.6 Å². The number of pyridine rings is 4. The Kier molecular flexibility index (Phi) is 40.8. The molecular formula is C101H124F6N24O19. The number of morpholine rings is 1. The number of piperidine rings is 1. The van der Waals surface area contributed by atoms with Crippen molar-refractivity contribution in [2.75, 3.05) is 93.0 Å². The summed E-state index contributed by atoms with van der Waals surface area (Å²) < 4.78 is 138. The van der Waals surface area contributed by atoms with Crippen LogP contribution >= 0.6 is 0 Å². The molecule has 0 spiro atoms. The van der Waals surface area contributed by atoms with Crippen LogP contribution in [0.4, 0.5) is 45.5 Å². The van der Waals surface area contributed by atoms with E-state index >= 15 is 0 Å². The quantitative estimate of drug-likeness (QED) is 0.0131. The first kappa shape index (κ1) is 115. The molecule has 0 bridgehead atoms. The maximum Gasteiger partial charge on any atom is 0.410 e. The first-order chi connectivity index (χ1) is 71.1. The molecule has 0 radical (unpaired) electrons. The lowest BCUT2D eigenvalue weighted by Crippen LogP contribution is -2.51. The molecule has 12 aromatic rings. The van der Waals surface area contributed by atoms with Gasteiger partial charge >= 0.3 is 24.4 Å². The Hall–Kier alpha value is -15.1. The number of fused-ring (bicyclic) bond motifs is 4. The van der Waals surface area contributed by atoms with Gasteiger partial charge in [0, 0.05) is 64.0 Å². The summed E-state index contributed by atoms with van der Waals surface area (Å²) in [4.78, 5) is 129. The number of nitrogens with one attached hydrogen (secondary N) is 4. The standard InChI is InChI=1S/C26H34N6O4.3C25H30F2N6O5/c1-26(2,27)24(33)28-21(18-35-16-19-10-5-3-6-11-19)23-30-29-22-13-9-12-20(32(22)23)17-36-25(34)31-14-7-4-8-15-31;1-25(2,28)23(34)29-20(15-37-13-16-10-17(26)12-18(27)11-16)22-31-30-21-5-3-4-19(33(21)22)14-38-24(35)32-6-8-36-9-7-32;1-15(34)11-32(4)24(36)38-13-19-6-5-7-21-30-31-22(33(19)21)20(29-23(35)25(2,3)28)14-37-12-16-8-17(26)10-18(27)9-16;1-15(34)11-32(4)24(36)38-13-18-6-5-7-21-30-31-22(33(18)21)20(29-23(35)25(2,3)28)14-37-12-16-8-9-17(26)10-19(16)27/h3,5-6,9-13,21H,4,7-8,14-18,27H2,1-2H3,(H,28,33);3-5,10-12,20H,6-9,13-15,28H2,1-2H3,(H,29,34);2*5-10,20H,11-14,28H2,1-4H3,(H,29,35)/t21-;3*20-/m1111/s1. The molecule has 0 aliphatic carbocycles. The van der Waals surface area contributed by atoms with Crippen LogP contribution in [-0.2, 0) is 124 Å². The highest BCUT2D eigenvalue weighted by Crippen LogP contribution is 2.28. The highest BCUT2D eigenvalue weighted by Gasteiger charge is 2.36. The molecular weight excluding hydrogens is 1970 g/mol. The van der Waals surface area contributed by atoms with E-state index in [-0.39, 0.29) is 138 Å². The van der Waals surface area contributed by atoms with E-state index in [9.17, 15) is 74.3 Å². The Morgan fingerprint density at radius 2 is 0.660 bits per heavy atom. The van der Waals surface area contributed by atoms with Gasteiger partial charge in [0.15, 0.2) is 45.9 Å². The molecule has 2 aliphatic rings. The fraction of sp³-hybridized carbons (Fsp3) is 0.426. The number of nitrogens with two attached hydrogens (primary N) is 4. The lowest BCUT2D eigenvalue weighted by molar-refractivity contribution is -0.127. The first-order valence-corrected chi connectivity index (χ1v) is 47.7. The zero-order valence-electron chi connectivity index (χ0n) is 85.1. The molecule has 10 heterocycles. The molecule has 0 saturated carbocycles. The minimum absolute atomic E-state index is 0.0473. The Bertz CT molecular complexity index is 6640. The molecule has 14 rings (SSSR count). The third-order valence-corrected chi connectivity index (χ3v) is 22.7. The Morgan fingerprint density at radius 3 is 0.973 bits per heavy atom. The predicted molar refractivity (Wildman–Crippen MR) is 528 cm³/mol. The summed E-state index contributed by atoms with van der Waals surface area (Å²) in [7, 11) is 2.88. The topological polar surface area (TPSA) is 540 Å². The second-order valence-corrected chi connectivity index (χ2v) is 37.9. The van der Waals surface area contributed by atoms with Crippen LogP contribution in [0.3, 0.4) is 0 Å². The van der Waals surface area contributed by atoms with Crippen LogP contribution in [0, 0.1) is 34.9 Å². The fourth-order valence-corrected chi connectivity index (χ4v) is 14.9. The molecule has 2 saturated heterocycles. The smallest absolute Gasteiger partial charge is 0.410 e. The van der Waals surface area contributed by atoms with Gasteiger partial charge in [0.1, 0.15) is 97.1 Å². The SMILES string of the molecule is CC(=O)CN(C)C(=O)OCc1cccc2nnc([C@@H](COCc3cc(F)cc(F)c3)NC(=O)C(C)(C)N)n12.CC(=O)CN(C)C(=O)OCc1cccc2nnc([C@@H](COCc3ccc(F)cc3F)NC(=O)C(C)(C)N)n12.CC(C)(N)C(=O)N[C@H](COCc1cc(F)cc(F)c1)c1nnc2cccc(COC(=O)N3CCOCC3)n12.CC(C)(N)C(=O)N[C@H](COCc1ccccc1)c1nnc2cccc(COC(=O)N3CCCCC3)n12. The Balaban J connectivity index is 0.000000190. The number of rotatable bonds is 40. The van der Waals surface area contributed by atoms with Gasteiger partial charge in [0.25, 0.3) is 0 Å². The molecule has 8 amide bonds. The second kappa shape index (κ2) is 53.2. The summed E-state index contributed by atoms with van der Waals surface area (Å²) in [6.07, 6.45) is 0.900. The zero-order valence-corrected chi connectivity index (χ0v) is 85.1. The maximum absolute atomic E-state index is 14.1. The van der Waals surface area contributed by atoms with Gasteiger partial charge in [-0.2, -0.15) is 0 Å². The molecule has 804 valence electrons. The average molecular weight is 2090 g/mol. The monoisotopic (exact) mass is 2090 g/mol. The van der Waals surface area contributed by atoms with Crippen LogP contribution in [0.5, 0.6) is 0 Å². The first-order valence-electron chi connectivity index (χ1n) is 47.7. The second-order valence-electron chi connectivity index (χ2n) is 37.9. The highest BCUT2D eigenvalue weighted by molar-refractivity contribution is 5.87. The third kappa shape index (κ3) is 33.7. The van der Waals surface area contributed by atoms with Crippen LogP contribution in [-0.4, -0.2) is 253 Å². The van der Waals surface area contributed by atoms with Gasteiger partial charge in [0.2, 0.25) is 23.6 Å². The fourth-order valence-electron chi connectivity index (χ4n) is 14.9. The van der Waals surface area contributed by atoms with Crippen LogP contribution < -0.4 is 44.2 Å². The highest BCUT2D eigenvalue weighted by atomic mass is 19.2. The summed E-state index contributed by atoms with van der Waals surface area (Å²) >= 11 is 0. The maximum atomic E-state index is 14.1. The minimum Gasteiger partial charge on any atom is -0.443 e. The number of hydrogen-bond acceptors (Lipinski definition) is 31. The molecule has 150 heavy (non-hydrogen) atoms. The van der Waals surface area contributed by atoms with Crippen molar-refractivity contribution in [1.82, 2.24) is 99.3 Å². The van der Waals surface area contributed by atoms with Crippen molar-refractivity contribution in [3.8, 4) is 0 Å².